The molecule has 0 spiro atoms. The fourth-order valence-electron chi connectivity index (χ4n) is 1.48. The maximum absolute atomic E-state index is 11.3. The number of sulfonamides is 1. The van der Waals surface area contributed by atoms with Crippen LogP contribution in [0.25, 0.3) is 0 Å². The van der Waals surface area contributed by atoms with Crippen LogP contribution in [-0.4, -0.2) is 71.3 Å². The smallest absolute Gasteiger partial charge is 0.325 e. The molecule has 1 rings (SSSR count). The van der Waals surface area contributed by atoms with E-state index >= 15 is 0 Å². The van der Waals surface area contributed by atoms with Gasteiger partial charge in [-0.05, 0) is 0 Å². The number of aliphatic hydroxyl groups excluding tert-OH is 4. The van der Waals surface area contributed by atoms with Crippen LogP contribution in [0.2, 0.25) is 0 Å². The van der Waals surface area contributed by atoms with Crippen LogP contribution in [0.15, 0.2) is 0 Å². The van der Waals surface area contributed by atoms with E-state index in [1.807, 2.05) is 0 Å². The molecular weight excluding hydrogens is 272 g/mol. The number of nitrogens with one attached hydrogen (secondary N) is 1. The van der Waals surface area contributed by atoms with Crippen LogP contribution in [0.3, 0.4) is 0 Å². The largest absolute Gasteiger partial charge is 0.388 e. The molecule has 106 valence electrons. The molecule has 1 fully saturated rings. The monoisotopic (exact) mass is 286 g/mol. The third kappa shape index (κ3) is 3.51. The van der Waals surface area contributed by atoms with Crippen molar-refractivity contribution < 1.29 is 38.4 Å². The molecule has 1 aliphatic rings. The van der Waals surface area contributed by atoms with Crippen LogP contribution in [-0.2, 0) is 14.8 Å². The summed E-state index contributed by atoms with van der Waals surface area (Å²) < 4.78 is 28.7. The summed E-state index contributed by atoms with van der Waals surface area (Å²) in [6, 6.07) is -1.32. The second-order valence-electron chi connectivity index (χ2n) is 3.78. The Kier molecular flexibility index (Phi) is 4.47. The van der Waals surface area contributed by atoms with Crippen molar-refractivity contribution in [2.75, 3.05) is 5.75 Å². The van der Waals surface area contributed by atoms with Gasteiger partial charge in [0, 0.05) is 0 Å². The number of carbonyl (C=O) groups excluding carboxylic acids is 1. The fourth-order valence-corrected chi connectivity index (χ4v) is 2.58. The molecule has 0 aromatic carbocycles. The molecule has 5 atom stereocenters. The lowest BCUT2D eigenvalue weighted by molar-refractivity contribution is -0.276. The first-order valence-electron chi connectivity index (χ1n) is 4.81. The van der Waals surface area contributed by atoms with E-state index in [4.69, 9.17) is 10.2 Å². The van der Waals surface area contributed by atoms with Gasteiger partial charge in [-0.2, -0.15) is 0 Å². The van der Waals surface area contributed by atoms with Crippen molar-refractivity contribution in [3.05, 3.63) is 0 Å². The van der Waals surface area contributed by atoms with Crippen LogP contribution < -0.4 is 10.5 Å². The minimum absolute atomic E-state index is 0.919. The number of primary amides is 1. The number of hydrogen-bond acceptors (Lipinski definition) is 8. The van der Waals surface area contributed by atoms with E-state index in [0.29, 0.717) is 0 Å². The lowest BCUT2D eigenvalue weighted by Crippen LogP contribution is -2.59. The van der Waals surface area contributed by atoms with Crippen molar-refractivity contribution in [1.82, 2.24) is 4.72 Å². The molecule has 0 radical (unpaired) electrons. The summed E-state index contributed by atoms with van der Waals surface area (Å²) in [6.45, 7) is 0. The van der Waals surface area contributed by atoms with Gasteiger partial charge in [0.15, 0.2) is 6.29 Å². The van der Waals surface area contributed by atoms with Gasteiger partial charge in [0.2, 0.25) is 10.0 Å². The summed E-state index contributed by atoms with van der Waals surface area (Å²) in [5.74, 6) is -0.919. The van der Waals surface area contributed by atoms with Crippen molar-refractivity contribution in [2.45, 2.75) is 30.7 Å². The third-order valence-corrected chi connectivity index (χ3v) is 3.61. The number of urea groups is 1. The zero-order chi connectivity index (χ0) is 14.1. The van der Waals surface area contributed by atoms with Gasteiger partial charge in [-0.25, -0.2) is 17.9 Å². The van der Waals surface area contributed by atoms with E-state index in [0.717, 1.165) is 0 Å². The Labute approximate surface area is 102 Å². The molecule has 11 heteroatoms. The van der Waals surface area contributed by atoms with E-state index in [9.17, 15) is 23.4 Å². The highest BCUT2D eigenvalue weighted by Crippen LogP contribution is 2.20. The van der Waals surface area contributed by atoms with Gasteiger partial charge in [-0.15, -0.1) is 0 Å². The maximum Gasteiger partial charge on any atom is 0.325 e. The van der Waals surface area contributed by atoms with E-state index in [2.05, 4.69) is 10.5 Å². The SMILES string of the molecule is NC(=O)NS(=O)(=O)CC1OC(O)[C@@H](O)[C@@H](O)[C@@H]1O. The highest BCUT2D eigenvalue weighted by molar-refractivity contribution is 7.90. The summed E-state index contributed by atoms with van der Waals surface area (Å²) in [5.41, 5.74) is 4.62. The third-order valence-electron chi connectivity index (χ3n) is 2.33. The average Bonchev–Trinajstić information content (AvgIpc) is 2.20. The van der Waals surface area contributed by atoms with Crippen LogP contribution in [0.1, 0.15) is 0 Å². The first-order valence-corrected chi connectivity index (χ1v) is 6.47. The van der Waals surface area contributed by atoms with Gasteiger partial charge in [0.05, 0.1) is 5.75 Å². The number of carbonyl (C=O) groups is 1. The molecule has 7 N–H and O–H groups in total. The van der Waals surface area contributed by atoms with Gasteiger partial charge < -0.3 is 30.9 Å². The Morgan fingerprint density at radius 1 is 1.17 bits per heavy atom. The van der Waals surface area contributed by atoms with Crippen molar-refractivity contribution in [2.24, 2.45) is 5.73 Å². The quantitative estimate of drug-likeness (QED) is 0.302. The number of nitrogens with two attached hydrogens (primary N) is 1. The molecule has 0 aliphatic carbocycles. The summed E-state index contributed by atoms with van der Waals surface area (Å²) in [5, 5.41) is 37.1. The van der Waals surface area contributed by atoms with Crippen molar-refractivity contribution in [3.8, 4) is 0 Å². The molecule has 1 aliphatic heterocycles. The molecule has 1 saturated heterocycles. The van der Waals surface area contributed by atoms with Gasteiger partial charge >= 0.3 is 6.03 Å². The van der Waals surface area contributed by atoms with Crippen molar-refractivity contribution >= 4 is 16.1 Å². The van der Waals surface area contributed by atoms with E-state index in [1.54, 1.807) is 0 Å². The topological polar surface area (TPSA) is 179 Å². The lowest BCUT2D eigenvalue weighted by atomic mass is 10.0. The first kappa shape index (κ1) is 15.1. The second-order valence-corrected chi connectivity index (χ2v) is 5.55. The Morgan fingerprint density at radius 2 is 1.72 bits per heavy atom. The van der Waals surface area contributed by atoms with E-state index in [-0.39, 0.29) is 0 Å². The molecule has 0 aromatic rings. The minimum atomic E-state index is -4.19. The summed E-state index contributed by atoms with van der Waals surface area (Å²) in [7, 11) is -4.19. The van der Waals surface area contributed by atoms with Gasteiger partial charge in [-0.1, -0.05) is 0 Å². The molecule has 0 bridgehead atoms. The van der Waals surface area contributed by atoms with Crippen LogP contribution >= 0.6 is 0 Å². The Balaban J connectivity index is 2.75. The molecule has 2 unspecified atom stereocenters. The number of ether oxygens (including phenoxy) is 1. The summed E-state index contributed by atoms with van der Waals surface area (Å²) in [6.07, 6.45) is -8.65. The van der Waals surface area contributed by atoms with Crippen LogP contribution in [0, 0.1) is 0 Å². The van der Waals surface area contributed by atoms with Crippen molar-refractivity contribution in [3.63, 3.8) is 0 Å². The first-order chi connectivity index (χ1) is 8.14. The Morgan fingerprint density at radius 3 is 2.22 bits per heavy atom. The summed E-state index contributed by atoms with van der Waals surface area (Å²) in [4.78, 5) is 10.4. The predicted molar refractivity (Wildman–Crippen MR) is 55.4 cm³/mol. The number of amides is 2. The van der Waals surface area contributed by atoms with Crippen molar-refractivity contribution in [1.29, 1.82) is 0 Å². The van der Waals surface area contributed by atoms with Crippen LogP contribution in [0.5, 0.6) is 0 Å². The van der Waals surface area contributed by atoms with E-state index < -0.39 is 52.5 Å². The highest BCUT2D eigenvalue weighted by Gasteiger charge is 2.44. The standard InChI is InChI=1S/C7H14N2O8S/c8-7(14)9-18(15,16)1-2-3(10)4(11)5(12)6(13)17-2/h2-6,10-13H,1H2,(H3,8,9,14)/t2?,3-,4+,5+,6?/m1/s1. The van der Waals surface area contributed by atoms with Crippen LogP contribution in [0.4, 0.5) is 4.79 Å². The Bertz CT molecular complexity index is 412. The molecule has 1 heterocycles. The van der Waals surface area contributed by atoms with E-state index in [1.165, 1.54) is 4.72 Å². The lowest BCUT2D eigenvalue weighted by Gasteiger charge is -2.37. The van der Waals surface area contributed by atoms with Gasteiger partial charge in [-0.3, -0.25) is 0 Å². The highest BCUT2D eigenvalue weighted by atomic mass is 32.2. The normalized spacial score (nSPS) is 37.2. The zero-order valence-corrected chi connectivity index (χ0v) is 9.82. The fraction of sp³-hybridized carbons (Fsp3) is 0.857. The number of hydrogen-bond donors (Lipinski definition) is 6. The predicted octanol–water partition coefficient (Wildman–Crippen LogP) is -4.22. The summed E-state index contributed by atoms with van der Waals surface area (Å²) >= 11 is 0. The number of aliphatic hydroxyl groups is 4. The molecule has 18 heavy (non-hydrogen) atoms. The maximum atomic E-state index is 11.3. The minimum Gasteiger partial charge on any atom is -0.388 e. The number of rotatable bonds is 3. The second kappa shape index (κ2) is 5.34. The van der Waals surface area contributed by atoms with Gasteiger partial charge in [0.25, 0.3) is 0 Å². The average molecular weight is 286 g/mol. The Hall–Kier alpha value is -0.980. The molecule has 0 saturated carbocycles. The van der Waals surface area contributed by atoms with Gasteiger partial charge in [0.1, 0.15) is 24.4 Å². The zero-order valence-electron chi connectivity index (χ0n) is 9.00. The molecular formula is C7H14N2O8S. The molecule has 2 amide bonds. The molecule has 0 aromatic heterocycles. The molecule has 10 nitrogen and oxygen atoms in total.